The van der Waals surface area contributed by atoms with Crippen molar-refractivity contribution in [3.8, 4) is 0 Å². The third kappa shape index (κ3) is 3.56. The summed E-state index contributed by atoms with van der Waals surface area (Å²) in [7, 11) is 0. The first kappa shape index (κ1) is 13.1. The van der Waals surface area contributed by atoms with E-state index in [2.05, 4.69) is 10.6 Å². The Labute approximate surface area is 112 Å². The molecule has 0 saturated carbocycles. The third-order valence-corrected chi connectivity index (χ3v) is 2.62. The quantitative estimate of drug-likeness (QED) is 0.788. The molecule has 1 unspecified atom stereocenters. The highest BCUT2D eigenvalue weighted by atomic mass is 16.3. The van der Waals surface area contributed by atoms with Crippen molar-refractivity contribution in [1.82, 2.24) is 0 Å². The van der Waals surface area contributed by atoms with Gasteiger partial charge in [-0.3, -0.25) is 4.79 Å². The lowest BCUT2D eigenvalue weighted by molar-refractivity contribution is -0.123. The van der Waals surface area contributed by atoms with Crippen molar-refractivity contribution < 1.29 is 9.90 Å². The number of para-hydroxylation sites is 3. The van der Waals surface area contributed by atoms with Crippen LogP contribution < -0.4 is 10.6 Å². The van der Waals surface area contributed by atoms with Gasteiger partial charge in [-0.15, -0.1) is 0 Å². The number of aliphatic hydroxyl groups excluding tert-OH is 1. The molecule has 0 bridgehead atoms. The summed E-state index contributed by atoms with van der Waals surface area (Å²) in [5.74, 6) is -0.428. The summed E-state index contributed by atoms with van der Waals surface area (Å²) in [5.41, 5.74) is 2.35. The number of hydrogen-bond acceptors (Lipinski definition) is 3. The topological polar surface area (TPSA) is 61.4 Å². The van der Waals surface area contributed by atoms with Crippen LogP contribution >= 0.6 is 0 Å². The predicted octanol–water partition coefficient (Wildman–Crippen LogP) is 2.75. The van der Waals surface area contributed by atoms with E-state index in [0.29, 0.717) is 5.69 Å². The van der Waals surface area contributed by atoms with Crippen molar-refractivity contribution in [3.05, 3.63) is 54.6 Å². The maximum Gasteiger partial charge on any atom is 0.252 e. The first-order valence-electron chi connectivity index (χ1n) is 6.07. The minimum atomic E-state index is -1.04. The SMILES string of the molecule is CC(O)C(=O)Nc1ccccc1Nc1ccccc1. The van der Waals surface area contributed by atoms with Crippen molar-refractivity contribution in [2.75, 3.05) is 10.6 Å². The molecule has 0 aliphatic rings. The van der Waals surface area contributed by atoms with E-state index < -0.39 is 12.0 Å². The molecule has 0 aliphatic heterocycles. The maximum absolute atomic E-state index is 11.5. The molecule has 0 spiro atoms. The normalized spacial score (nSPS) is 11.7. The zero-order chi connectivity index (χ0) is 13.7. The molecular formula is C15H16N2O2. The number of carbonyl (C=O) groups is 1. The van der Waals surface area contributed by atoms with E-state index in [9.17, 15) is 9.90 Å². The molecule has 0 heterocycles. The minimum absolute atomic E-state index is 0.428. The van der Waals surface area contributed by atoms with Crippen molar-refractivity contribution in [1.29, 1.82) is 0 Å². The molecule has 0 saturated heterocycles. The number of carbonyl (C=O) groups excluding carboxylic acids is 1. The van der Waals surface area contributed by atoms with Crippen molar-refractivity contribution >= 4 is 23.0 Å². The summed E-state index contributed by atoms with van der Waals surface area (Å²) in [6, 6.07) is 17.0. The average Bonchev–Trinajstić information content (AvgIpc) is 2.42. The van der Waals surface area contributed by atoms with E-state index in [4.69, 9.17) is 0 Å². The molecule has 2 aromatic rings. The molecule has 0 aliphatic carbocycles. The number of anilines is 3. The van der Waals surface area contributed by atoms with Crippen LogP contribution in [0.25, 0.3) is 0 Å². The summed E-state index contributed by atoms with van der Waals surface area (Å²) in [6.45, 7) is 1.43. The van der Waals surface area contributed by atoms with Gasteiger partial charge >= 0.3 is 0 Å². The zero-order valence-electron chi connectivity index (χ0n) is 10.6. The molecule has 0 fully saturated rings. The third-order valence-electron chi connectivity index (χ3n) is 2.62. The van der Waals surface area contributed by atoms with E-state index >= 15 is 0 Å². The fourth-order valence-electron chi connectivity index (χ4n) is 1.62. The van der Waals surface area contributed by atoms with Gasteiger partial charge in [0.25, 0.3) is 5.91 Å². The number of rotatable bonds is 4. The van der Waals surface area contributed by atoms with Crippen LogP contribution in [0.3, 0.4) is 0 Å². The molecular weight excluding hydrogens is 240 g/mol. The number of benzene rings is 2. The first-order chi connectivity index (χ1) is 9.16. The summed E-state index contributed by atoms with van der Waals surface area (Å²) in [6.07, 6.45) is -1.04. The molecule has 0 aromatic heterocycles. The second kappa shape index (κ2) is 6.02. The summed E-state index contributed by atoms with van der Waals surface area (Å²) < 4.78 is 0. The van der Waals surface area contributed by atoms with E-state index in [1.165, 1.54) is 6.92 Å². The lowest BCUT2D eigenvalue weighted by Crippen LogP contribution is -2.24. The van der Waals surface area contributed by atoms with Crippen LogP contribution in [-0.4, -0.2) is 17.1 Å². The Kier molecular flexibility index (Phi) is 4.15. The standard InChI is InChI=1S/C15H16N2O2/c1-11(18)15(19)17-14-10-6-5-9-13(14)16-12-7-3-2-4-8-12/h2-11,16,18H,1H3,(H,17,19). The zero-order valence-corrected chi connectivity index (χ0v) is 10.6. The van der Waals surface area contributed by atoms with Gasteiger partial charge in [0.05, 0.1) is 11.4 Å². The average molecular weight is 256 g/mol. The summed E-state index contributed by atoms with van der Waals surface area (Å²) in [4.78, 5) is 11.5. The Morgan fingerprint density at radius 1 is 1.00 bits per heavy atom. The second-order valence-corrected chi connectivity index (χ2v) is 4.20. The summed E-state index contributed by atoms with van der Waals surface area (Å²) in [5, 5.41) is 15.1. The highest BCUT2D eigenvalue weighted by molar-refractivity contribution is 5.97. The molecule has 4 heteroatoms. The molecule has 4 nitrogen and oxygen atoms in total. The fourth-order valence-corrected chi connectivity index (χ4v) is 1.62. The highest BCUT2D eigenvalue weighted by Crippen LogP contribution is 2.25. The second-order valence-electron chi connectivity index (χ2n) is 4.20. The monoisotopic (exact) mass is 256 g/mol. The molecule has 3 N–H and O–H groups in total. The van der Waals surface area contributed by atoms with Crippen LogP contribution in [0.1, 0.15) is 6.92 Å². The highest BCUT2D eigenvalue weighted by Gasteiger charge is 2.11. The molecule has 0 radical (unpaired) electrons. The van der Waals surface area contributed by atoms with E-state index in [0.717, 1.165) is 11.4 Å². The van der Waals surface area contributed by atoms with Gasteiger partial charge < -0.3 is 15.7 Å². The van der Waals surface area contributed by atoms with Gasteiger partial charge in [-0.05, 0) is 31.2 Å². The van der Waals surface area contributed by atoms with Gasteiger partial charge in [-0.2, -0.15) is 0 Å². The Balaban J connectivity index is 2.19. The van der Waals surface area contributed by atoms with Crippen molar-refractivity contribution in [3.63, 3.8) is 0 Å². The number of amides is 1. The van der Waals surface area contributed by atoms with Crippen molar-refractivity contribution in [2.45, 2.75) is 13.0 Å². The van der Waals surface area contributed by atoms with Crippen LogP contribution in [-0.2, 0) is 4.79 Å². The summed E-state index contributed by atoms with van der Waals surface area (Å²) >= 11 is 0. The van der Waals surface area contributed by atoms with E-state index in [-0.39, 0.29) is 0 Å². The van der Waals surface area contributed by atoms with E-state index in [1.807, 2.05) is 48.5 Å². The van der Waals surface area contributed by atoms with Crippen LogP contribution in [0, 0.1) is 0 Å². The van der Waals surface area contributed by atoms with Gasteiger partial charge in [0.15, 0.2) is 0 Å². The Hall–Kier alpha value is -2.33. The Morgan fingerprint density at radius 2 is 1.58 bits per heavy atom. The van der Waals surface area contributed by atoms with Crippen LogP contribution in [0.4, 0.5) is 17.1 Å². The molecule has 19 heavy (non-hydrogen) atoms. The lowest BCUT2D eigenvalue weighted by atomic mass is 10.2. The predicted molar refractivity (Wildman–Crippen MR) is 76.5 cm³/mol. The van der Waals surface area contributed by atoms with Crippen molar-refractivity contribution in [2.24, 2.45) is 0 Å². The Morgan fingerprint density at radius 3 is 2.21 bits per heavy atom. The Bertz CT molecular complexity index is 553. The van der Waals surface area contributed by atoms with Gasteiger partial charge in [-0.1, -0.05) is 30.3 Å². The largest absolute Gasteiger partial charge is 0.384 e. The molecule has 2 rings (SSSR count). The van der Waals surface area contributed by atoms with Gasteiger partial charge in [0.1, 0.15) is 6.10 Å². The molecule has 1 atom stereocenters. The van der Waals surface area contributed by atoms with E-state index in [1.54, 1.807) is 6.07 Å². The number of hydrogen-bond donors (Lipinski definition) is 3. The van der Waals surface area contributed by atoms with Gasteiger partial charge in [0, 0.05) is 5.69 Å². The minimum Gasteiger partial charge on any atom is -0.384 e. The number of nitrogens with one attached hydrogen (secondary N) is 2. The fraction of sp³-hybridized carbons (Fsp3) is 0.133. The molecule has 98 valence electrons. The van der Waals surface area contributed by atoms with Gasteiger partial charge in [0.2, 0.25) is 0 Å². The van der Waals surface area contributed by atoms with Crippen LogP contribution in [0.5, 0.6) is 0 Å². The molecule has 1 amide bonds. The lowest BCUT2D eigenvalue weighted by Gasteiger charge is -2.13. The smallest absolute Gasteiger partial charge is 0.252 e. The van der Waals surface area contributed by atoms with Crippen LogP contribution in [0.2, 0.25) is 0 Å². The van der Waals surface area contributed by atoms with Crippen LogP contribution in [0.15, 0.2) is 54.6 Å². The number of aliphatic hydroxyl groups is 1. The van der Waals surface area contributed by atoms with Gasteiger partial charge in [-0.25, -0.2) is 0 Å². The molecule has 2 aromatic carbocycles. The first-order valence-corrected chi connectivity index (χ1v) is 6.07. The maximum atomic E-state index is 11.5.